The maximum absolute atomic E-state index is 12.6. The number of hydrogen-bond donors (Lipinski definition) is 1. The molecular weight excluding hydrogens is 270 g/mol. The van der Waals surface area contributed by atoms with Crippen LogP contribution in [0.3, 0.4) is 0 Å². The van der Waals surface area contributed by atoms with E-state index in [1.54, 1.807) is 6.33 Å². The van der Waals surface area contributed by atoms with E-state index < -0.39 is 0 Å². The molecule has 2 fully saturated rings. The third kappa shape index (κ3) is 2.91. The number of rotatable bonds is 2. The van der Waals surface area contributed by atoms with Crippen LogP contribution < -0.4 is 5.32 Å². The molecule has 2 saturated heterocycles. The number of likely N-dealkylation sites (tertiary alicyclic amines) is 1. The summed E-state index contributed by atoms with van der Waals surface area (Å²) in [5.41, 5.74) is 0. The molecule has 3 rings (SSSR count). The van der Waals surface area contributed by atoms with Crippen molar-refractivity contribution in [1.29, 1.82) is 0 Å². The Hall–Kier alpha value is -1.92. The van der Waals surface area contributed by atoms with Crippen LogP contribution in [-0.2, 0) is 16.6 Å². The zero-order chi connectivity index (χ0) is 14.8. The molecule has 2 amide bonds. The molecule has 0 aromatic carbocycles. The van der Waals surface area contributed by atoms with Crippen molar-refractivity contribution in [3.05, 3.63) is 12.2 Å². The molecule has 0 aliphatic carbocycles. The zero-order valence-corrected chi connectivity index (χ0v) is 12.3. The standard InChI is InChI=1S/C14H21N5O2/c1-18-9-16-17-13(18)11-3-2-6-19(8-11)14(21)10-4-5-12(20)15-7-10/h9-11H,2-8H2,1H3,(H,15,20). The Labute approximate surface area is 123 Å². The Balaban J connectivity index is 1.64. The first-order chi connectivity index (χ1) is 10.1. The summed E-state index contributed by atoms with van der Waals surface area (Å²) >= 11 is 0. The maximum Gasteiger partial charge on any atom is 0.227 e. The van der Waals surface area contributed by atoms with Gasteiger partial charge in [0, 0.05) is 39.0 Å². The van der Waals surface area contributed by atoms with Gasteiger partial charge < -0.3 is 14.8 Å². The quantitative estimate of drug-likeness (QED) is 0.835. The van der Waals surface area contributed by atoms with Crippen molar-refractivity contribution in [3.8, 4) is 0 Å². The highest BCUT2D eigenvalue weighted by atomic mass is 16.2. The number of aryl methyl sites for hydroxylation is 1. The molecular formula is C14H21N5O2. The van der Waals surface area contributed by atoms with Crippen molar-refractivity contribution < 1.29 is 9.59 Å². The normalized spacial score (nSPS) is 26.5. The summed E-state index contributed by atoms with van der Waals surface area (Å²) in [6.07, 6.45) is 4.85. The van der Waals surface area contributed by atoms with Gasteiger partial charge in [-0.25, -0.2) is 0 Å². The van der Waals surface area contributed by atoms with Crippen molar-refractivity contribution in [2.45, 2.75) is 31.6 Å². The Morgan fingerprint density at radius 1 is 1.43 bits per heavy atom. The summed E-state index contributed by atoms with van der Waals surface area (Å²) in [6, 6.07) is 0. The number of amides is 2. The fourth-order valence-corrected chi connectivity index (χ4v) is 3.25. The number of carbonyl (C=O) groups excluding carboxylic acids is 2. The third-order valence-electron chi connectivity index (χ3n) is 4.46. The van der Waals surface area contributed by atoms with Crippen molar-refractivity contribution in [2.75, 3.05) is 19.6 Å². The van der Waals surface area contributed by atoms with Gasteiger partial charge in [0.2, 0.25) is 11.8 Å². The van der Waals surface area contributed by atoms with Gasteiger partial charge in [-0.3, -0.25) is 9.59 Å². The number of hydrogen-bond acceptors (Lipinski definition) is 4. The first kappa shape index (κ1) is 14.0. The van der Waals surface area contributed by atoms with Crippen LogP contribution in [0.2, 0.25) is 0 Å². The van der Waals surface area contributed by atoms with E-state index >= 15 is 0 Å². The third-order valence-corrected chi connectivity index (χ3v) is 4.46. The molecule has 1 aromatic rings. The average molecular weight is 291 g/mol. The Morgan fingerprint density at radius 2 is 2.29 bits per heavy atom. The molecule has 1 N–H and O–H groups in total. The van der Waals surface area contributed by atoms with Crippen LogP contribution >= 0.6 is 0 Å². The molecule has 2 aliphatic rings. The van der Waals surface area contributed by atoms with E-state index in [-0.39, 0.29) is 23.7 Å². The molecule has 114 valence electrons. The van der Waals surface area contributed by atoms with Crippen LogP contribution in [0.5, 0.6) is 0 Å². The molecule has 2 aliphatic heterocycles. The second kappa shape index (κ2) is 5.83. The van der Waals surface area contributed by atoms with Gasteiger partial charge in [-0.15, -0.1) is 10.2 Å². The van der Waals surface area contributed by atoms with Crippen LogP contribution in [0.4, 0.5) is 0 Å². The fraction of sp³-hybridized carbons (Fsp3) is 0.714. The summed E-state index contributed by atoms with van der Waals surface area (Å²) in [5.74, 6) is 1.36. The van der Waals surface area contributed by atoms with Gasteiger partial charge in [-0.05, 0) is 19.3 Å². The predicted molar refractivity (Wildman–Crippen MR) is 75.3 cm³/mol. The number of nitrogens with zero attached hydrogens (tertiary/aromatic N) is 4. The van der Waals surface area contributed by atoms with Gasteiger partial charge in [0.15, 0.2) is 0 Å². The Bertz CT molecular complexity index is 531. The number of carbonyl (C=O) groups is 2. The van der Waals surface area contributed by atoms with E-state index in [1.807, 2.05) is 16.5 Å². The van der Waals surface area contributed by atoms with E-state index in [4.69, 9.17) is 0 Å². The smallest absolute Gasteiger partial charge is 0.227 e. The SMILES string of the molecule is Cn1cnnc1C1CCCN(C(=O)C2CCC(=O)NC2)C1. The minimum absolute atomic E-state index is 0.0506. The molecule has 0 bridgehead atoms. The lowest BCUT2D eigenvalue weighted by Crippen LogP contribution is -2.47. The Morgan fingerprint density at radius 3 is 2.95 bits per heavy atom. The van der Waals surface area contributed by atoms with Gasteiger partial charge in [0.25, 0.3) is 0 Å². The van der Waals surface area contributed by atoms with Crippen molar-refractivity contribution in [1.82, 2.24) is 25.0 Å². The van der Waals surface area contributed by atoms with Gasteiger partial charge in [-0.2, -0.15) is 0 Å². The van der Waals surface area contributed by atoms with Crippen LogP contribution in [0.25, 0.3) is 0 Å². The van der Waals surface area contributed by atoms with Crippen molar-refractivity contribution in [3.63, 3.8) is 0 Å². The highest BCUT2D eigenvalue weighted by Gasteiger charge is 2.32. The summed E-state index contributed by atoms with van der Waals surface area (Å²) in [5, 5.41) is 10.9. The maximum atomic E-state index is 12.6. The molecule has 0 spiro atoms. The van der Waals surface area contributed by atoms with Gasteiger partial charge in [-0.1, -0.05) is 0 Å². The Kier molecular flexibility index (Phi) is 3.90. The monoisotopic (exact) mass is 291 g/mol. The summed E-state index contributed by atoms with van der Waals surface area (Å²) < 4.78 is 1.93. The van der Waals surface area contributed by atoms with E-state index in [0.29, 0.717) is 25.9 Å². The molecule has 21 heavy (non-hydrogen) atoms. The molecule has 7 heteroatoms. The summed E-state index contributed by atoms with van der Waals surface area (Å²) in [7, 11) is 1.94. The molecule has 1 aromatic heterocycles. The second-order valence-electron chi connectivity index (χ2n) is 5.96. The van der Waals surface area contributed by atoms with Crippen LogP contribution in [0.1, 0.15) is 37.4 Å². The van der Waals surface area contributed by atoms with E-state index in [1.165, 1.54) is 0 Å². The first-order valence-corrected chi connectivity index (χ1v) is 7.54. The van der Waals surface area contributed by atoms with E-state index in [9.17, 15) is 9.59 Å². The van der Waals surface area contributed by atoms with E-state index in [2.05, 4.69) is 15.5 Å². The molecule has 3 heterocycles. The van der Waals surface area contributed by atoms with Gasteiger partial charge >= 0.3 is 0 Å². The van der Waals surface area contributed by atoms with Gasteiger partial charge in [0.1, 0.15) is 12.2 Å². The first-order valence-electron chi connectivity index (χ1n) is 7.54. The molecule has 0 radical (unpaired) electrons. The summed E-state index contributed by atoms with van der Waals surface area (Å²) in [4.78, 5) is 25.7. The topological polar surface area (TPSA) is 80.1 Å². The lowest BCUT2D eigenvalue weighted by Gasteiger charge is -2.35. The number of nitrogens with one attached hydrogen (secondary N) is 1. The van der Waals surface area contributed by atoms with Crippen LogP contribution in [-0.4, -0.2) is 51.1 Å². The summed E-state index contributed by atoms with van der Waals surface area (Å²) in [6.45, 7) is 1.98. The minimum Gasteiger partial charge on any atom is -0.355 e. The second-order valence-corrected chi connectivity index (χ2v) is 5.96. The minimum atomic E-state index is -0.0686. The highest BCUT2D eigenvalue weighted by molar-refractivity contribution is 5.83. The zero-order valence-electron chi connectivity index (χ0n) is 12.3. The van der Waals surface area contributed by atoms with Gasteiger partial charge in [0.05, 0.1) is 5.92 Å². The lowest BCUT2D eigenvalue weighted by atomic mass is 9.93. The fourth-order valence-electron chi connectivity index (χ4n) is 3.25. The van der Waals surface area contributed by atoms with E-state index in [0.717, 1.165) is 25.2 Å². The predicted octanol–water partition coefficient (Wildman–Crippen LogP) is 0.0473. The number of aromatic nitrogens is 3. The molecule has 2 unspecified atom stereocenters. The molecule has 0 saturated carbocycles. The van der Waals surface area contributed by atoms with Crippen molar-refractivity contribution in [2.24, 2.45) is 13.0 Å². The molecule has 2 atom stereocenters. The number of piperidine rings is 2. The highest BCUT2D eigenvalue weighted by Crippen LogP contribution is 2.26. The molecule has 7 nitrogen and oxygen atoms in total. The van der Waals surface area contributed by atoms with Crippen LogP contribution in [0, 0.1) is 5.92 Å². The van der Waals surface area contributed by atoms with Crippen molar-refractivity contribution >= 4 is 11.8 Å². The largest absolute Gasteiger partial charge is 0.355 e. The lowest BCUT2D eigenvalue weighted by molar-refractivity contribution is -0.138. The van der Waals surface area contributed by atoms with Crippen LogP contribution in [0.15, 0.2) is 6.33 Å². The average Bonchev–Trinajstić information content (AvgIpc) is 2.94.